The van der Waals surface area contributed by atoms with Gasteiger partial charge in [-0.25, -0.2) is 9.59 Å². The van der Waals surface area contributed by atoms with E-state index in [9.17, 15) is 34.1 Å². The number of amides is 5. The molecular weight excluding hydrogens is 647 g/mol. The number of likely N-dealkylation sites (N-methyl/N-ethyl adjacent to an activating group) is 1. The highest BCUT2D eigenvalue weighted by Crippen LogP contribution is 2.37. The molecule has 50 heavy (non-hydrogen) atoms. The molecule has 5 rings (SSSR count). The van der Waals surface area contributed by atoms with Crippen molar-refractivity contribution in [2.24, 2.45) is 0 Å². The molecular formula is C35H39BN4O10. The Balaban J connectivity index is 1.29. The van der Waals surface area contributed by atoms with Gasteiger partial charge >= 0.3 is 31.1 Å². The third kappa shape index (κ3) is 8.53. The van der Waals surface area contributed by atoms with Crippen LogP contribution in [0, 0.1) is 6.92 Å². The second-order valence-electron chi connectivity index (χ2n) is 12.0. The fourth-order valence-corrected chi connectivity index (χ4v) is 5.83. The number of ketones is 1. The van der Waals surface area contributed by atoms with E-state index in [0.29, 0.717) is 18.7 Å². The summed E-state index contributed by atoms with van der Waals surface area (Å²) in [6.07, 6.45) is -0.549. The SMILES string of the molecule is CCN1CCN(C(=O)NC(C(=O)C[C@H]2Cc3cccc(C)c3OB2O)c2ccc(O)c(OCCNC(=O)OCc3ccccc3)c2)C(=O)C1=O. The van der Waals surface area contributed by atoms with Gasteiger partial charge < -0.3 is 39.8 Å². The number of piperazine rings is 1. The highest BCUT2D eigenvalue weighted by molar-refractivity contribution is 6.46. The molecule has 14 nitrogen and oxygen atoms in total. The lowest BCUT2D eigenvalue weighted by atomic mass is 9.64. The summed E-state index contributed by atoms with van der Waals surface area (Å²) in [6.45, 7) is 3.98. The first kappa shape index (κ1) is 35.7. The monoisotopic (exact) mass is 686 g/mol. The molecule has 0 aromatic heterocycles. The van der Waals surface area contributed by atoms with Crippen molar-refractivity contribution in [1.82, 2.24) is 20.4 Å². The van der Waals surface area contributed by atoms with E-state index in [-0.39, 0.29) is 56.3 Å². The van der Waals surface area contributed by atoms with Crippen molar-refractivity contribution in [1.29, 1.82) is 0 Å². The first-order valence-corrected chi connectivity index (χ1v) is 16.3. The Hall–Kier alpha value is -5.57. The van der Waals surface area contributed by atoms with Gasteiger partial charge in [-0.2, -0.15) is 0 Å². The number of phenolic OH excluding ortho intramolecular Hbond substituents is 1. The first-order valence-electron chi connectivity index (χ1n) is 16.3. The van der Waals surface area contributed by atoms with Gasteiger partial charge in [-0.15, -0.1) is 0 Å². The average Bonchev–Trinajstić information content (AvgIpc) is 3.11. The number of carbonyl (C=O) groups excluding carboxylic acids is 5. The normalized spacial score (nSPS) is 16.2. The number of aryl methyl sites for hydroxylation is 1. The van der Waals surface area contributed by atoms with E-state index in [4.69, 9.17) is 14.1 Å². The van der Waals surface area contributed by atoms with Crippen LogP contribution in [0.1, 0.15) is 41.6 Å². The number of para-hydroxylation sites is 1. The predicted octanol–water partition coefficient (Wildman–Crippen LogP) is 2.89. The number of carbonyl (C=O) groups is 5. The van der Waals surface area contributed by atoms with Gasteiger partial charge in [-0.3, -0.25) is 19.3 Å². The minimum absolute atomic E-state index is 0.0246. The van der Waals surface area contributed by atoms with E-state index < -0.39 is 48.7 Å². The summed E-state index contributed by atoms with van der Waals surface area (Å²) in [7, 11) is -1.30. The lowest BCUT2D eigenvalue weighted by Gasteiger charge is -2.33. The molecule has 1 unspecified atom stereocenters. The number of benzene rings is 3. The lowest BCUT2D eigenvalue weighted by molar-refractivity contribution is -0.153. The fourth-order valence-electron chi connectivity index (χ4n) is 5.83. The molecule has 2 aliphatic rings. The van der Waals surface area contributed by atoms with Crippen molar-refractivity contribution in [3.8, 4) is 17.2 Å². The van der Waals surface area contributed by atoms with Crippen molar-refractivity contribution in [2.45, 2.75) is 45.2 Å². The van der Waals surface area contributed by atoms with E-state index >= 15 is 0 Å². The molecule has 15 heteroatoms. The number of hydrogen-bond donors (Lipinski definition) is 4. The Morgan fingerprint density at radius 3 is 2.58 bits per heavy atom. The van der Waals surface area contributed by atoms with Crippen LogP contribution in [0.3, 0.4) is 0 Å². The molecule has 0 saturated carbocycles. The molecule has 2 aliphatic heterocycles. The Morgan fingerprint density at radius 1 is 1.04 bits per heavy atom. The van der Waals surface area contributed by atoms with Crippen LogP contribution < -0.4 is 20.0 Å². The van der Waals surface area contributed by atoms with Gasteiger partial charge in [0.15, 0.2) is 17.3 Å². The Labute approximate surface area is 289 Å². The summed E-state index contributed by atoms with van der Waals surface area (Å²) in [5, 5.41) is 26.5. The predicted molar refractivity (Wildman–Crippen MR) is 180 cm³/mol. The number of nitrogens with one attached hydrogen (secondary N) is 2. The summed E-state index contributed by atoms with van der Waals surface area (Å²) in [6, 6.07) is 16.5. The number of ether oxygens (including phenoxy) is 2. The highest BCUT2D eigenvalue weighted by Gasteiger charge is 2.40. The van der Waals surface area contributed by atoms with Crippen molar-refractivity contribution >= 4 is 36.8 Å². The number of phenols is 1. The maximum Gasteiger partial charge on any atom is 0.526 e. The zero-order valence-corrected chi connectivity index (χ0v) is 27.8. The van der Waals surface area contributed by atoms with Crippen LogP contribution >= 0.6 is 0 Å². The third-order valence-corrected chi connectivity index (χ3v) is 8.57. The number of nitrogens with zero attached hydrogens (tertiary/aromatic N) is 2. The number of rotatable bonds is 12. The van der Waals surface area contributed by atoms with Crippen molar-refractivity contribution in [3.05, 3.63) is 89.0 Å². The van der Waals surface area contributed by atoms with Crippen LogP contribution in [0.2, 0.25) is 5.82 Å². The van der Waals surface area contributed by atoms with E-state index in [2.05, 4.69) is 10.6 Å². The summed E-state index contributed by atoms with van der Waals surface area (Å²) in [5.74, 6) is -2.77. The lowest BCUT2D eigenvalue weighted by Crippen LogP contribution is -2.58. The molecule has 2 heterocycles. The van der Waals surface area contributed by atoms with Gasteiger partial charge in [0.1, 0.15) is 25.0 Å². The van der Waals surface area contributed by atoms with Crippen molar-refractivity contribution < 1.29 is 48.2 Å². The van der Waals surface area contributed by atoms with E-state index in [0.717, 1.165) is 21.6 Å². The second-order valence-corrected chi connectivity index (χ2v) is 12.0. The molecule has 5 amide bonds. The smallest absolute Gasteiger partial charge is 0.526 e. The molecule has 3 aromatic rings. The molecule has 2 atom stereocenters. The Morgan fingerprint density at radius 2 is 1.82 bits per heavy atom. The van der Waals surface area contributed by atoms with E-state index in [1.807, 2.05) is 55.5 Å². The van der Waals surface area contributed by atoms with Crippen LogP contribution in [-0.2, 0) is 32.1 Å². The minimum atomic E-state index is -1.37. The average molecular weight is 687 g/mol. The maximum absolute atomic E-state index is 14.0. The second kappa shape index (κ2) is 16.2. The van der Waals surface area contributed by atoms with Crippen LogP contribution in [-0.4, -0.2) is 89.6 Å². The van der Waals surface area contributed by atoms with Crippen LogP contribution in [0.5, 0.6) is 17.2 Å². The number of imide groups is 1. The molecule has 0 spiro atoms. The molecule has 0 bridgehead atoms. The van der Waals surface area contributed by atoms with Crippen molar-refractivity contribution in [2.75, 3.05) is 32.8 Å². The van der Waals surface area contributed by atoms with Gasteiger partial charge in [0.25, 0.3) is 0 Å². The Kier molecular flexibility index (Phi) is 11.6. The van der Waals surface area contributed by atoms with Gasteiger partial charge in [-0.05, 0) is 54.7 Å². The van der Waals surface area contributed by atoms with Gasteiger partial charge in [0.05, 0.1) is 6.54 Å². The third-order valence-electron chi connectivity index (χ3n) is 8.57. The summed E-state index contributed by atoms with van der Waals surface area (Å²) in [5.41, 5.74) is 2.69. The number of urea groups is 1. The summed E-state index contributed by atoms with van der Waals surface area (Å²) >= 11 is 0. The molecule has 1 saturated heterocycles. The van der Waals surface area contributed by atoms with Crippen LogP contribution in [0.15, 0.2) is 66.7 Å². The summed E-state index contributed by atoms with van der Waals surface area (Å²) < 4.78 is 16.6. The zero-order chi connectivity index (χ0) is 35.8. The number of Topliss-reactive ketones (excluding diaryl/α,β-unsaturated/α-hetero) is 1. The number of hydrogen-bond acceptors (Lipinski definition) is 10. The van der Waals surface area contributed by atoms with Crippen LogP contribution in [0.25, 0.3) is 0 Å². The quantitative estimate of drug-likeness (QED) is 0.126. The number of aromatic hydroxyl groups is 1. The van der Waals surface area contributed by atoms with E-state index in [1.165, 1.54) is 23.1 Å². The molecule has 4 N–H and O–H groups in total. The molecule has 3 aromatic carbocycles. The number of fused-ring (bicyclic) bond motifs is 1. The maximum atomic E-state index is 14.0. The first-order chi connectivity index (χ1) is 24.0. The minimum Gasteiger partial charge on any atom is -0.536 e. The largest absolute Gasteiger partial charge is 0.536 e. The zero-order valence-electron chi connectivity index (χ0n) is 27.8. The van der Waals surface area contributed by atoms with Gasteiger partial charge in [0, 0.05) is 31.9 Å². The summed E-state index contributed by atoms with van der Waals surface area (Å²) in [4.78, 5) is 66.9. The molecule has 262 valence electrons. The van der Waals surface area contributed by atoms with Gasteiger partial charge in [0.2, 0.25) is 0 Å². The topological polar surface area (TPSA) is 184 Å². The molecule has 1 fully saturated rings. The fraction of sp³-hybridized carbons (Fsp3) is 0.343. The molecule has 0 aliphatic carbocycles. The van der Waals surface area contributed by atoms with Crippen LogP contribution in [0.4, 0.5) is 9.59 Å². The molecule has 0 radical (unpaired) electrons. The Bertz CT molecular complexity index is 1740. The van der Waals surface area contributed by atoms with Gasteiger partial charge in [-0.1, -0.05) is 54.6 Å². The highest BCUT2D eigenvalue weighted by atomic mass is 16.5. The number of alkyl carbamates (subject to hydrolysis) is 1. The standard InChI is InChI=1S/C35H39BN4O10/c1-3-39-15-16-40(33(44)32(39)43)34(45)38-30(28(42)20-26-18-25-11-7-8-22(2)31(25)50-36(26)47)24-12-13-27(41)29(19-24)48-17-14-37-35(46)49-21-23-9-5-4-6-10-23/h4-13,19,26,30,41,47H,3,14-18,20-21H2,1-2H3,(H,37,46)(H,38,45)/t26-,30?/m1/s1. The van der Waals surface area contributed by atoms with Crippen molar-refractivity contribution in [3.63, 3.8) is 0 Å². The van der Waals surface area contributed by atoms with E-state index in [1.54, 1.807) is 6.92 Å².